The number of thioether (sulfide) groups is 2. The molecule has 0 fully saturated rings. The van der Waals surface area contributed by atoms with Crippen LogP contribution in [0.5, 0.6) is 0 Å². The van der Waals surface area contributed by atoms with Crippen molar-refractivity contribution in [2.24, 2.45) is 10.8 Å². The standard InChI is InChI=1S/C52H68O10S2/c1-35(17-13-19-37(3)21-23-41-39(5)49(59)43(33-51(41,7)8)61-47(57)27-31-63-29-25-45(53)54)15-11-12-16-36(2)18-14-20-38(4)22-24-42-40(6)50(60)44(34-52(42,9)10)62-48(58)28-32-64-30-26-46(55)56/h11-24,43-44H,25-34H2,1-10H3,(H,53,54)(H,55,56)/b12-11+,17-13+,18-14+,23-21+,24-22+,35-15+,36-16+,37-19+,38-20+. The number of rotatable bonds is 24. The molecule has 0 saturated heterocycles. The summed E-state index contributed by atoms with van der Waals surface area (Å²) in [6.07, 6.45) is 27.4. The van der Waals surface area contributed by atoms with E-state index in [4.69, 9.17) is 19.7 Å². The zero-order chi connectivity index (χ0) is 48.0. The number of ketones is 2. The van der Waals surface area contributed by atoms with Crippen LogP contribution in [0.2, 0.25) is 0 Å². The van der Waals surface area contributed by atoms with E-state index in [9.17, 15) is 28.8 Å². The van der Waals surface area contributed by atoms with Gasteiger partial charge in [0.25, 0.3) is 0 Å². The molecule has 348 valence electrons. The molecule has 64 heavy (non-hydrogen) atoms. The largest absolute Gasteiger partial charge is 0.481 e. The number of hydrogen-bond donors (Lipinski definition) is 2. The first kappa shape index (κ1) is 55.2. The molecule has 0 aromatic heterocycles. The summed E-state index contributed by atoms with van der Waals surface area (Å²) in [6.45, 7) is 19.8. The molecule has 0 aliphatic heterocycles. The Kier molecular flexibility index (Phi) is 23.6. The quantitative estimate of drug-likeness (QED) is 0.0536. The van der Waals surface area contributed by atoms with Crippen molar-refractivity contribution in [2.75, 3.05) is 23.0 Å². The highest BCUT2D eigenvalue weighted by Crippen LogP contribution is 2.42. The van der Waals surface area contributed by atoms with Gasteiger partial charge in [0.1, 0.15) is 0 Å². The van der Waals surface area contributed by atoms with Gasteiger partial charge in [-0.25, -0.2) is 0 Å². The molecule has 0 spiro atoms. The maximum absolute atomic E-state index is 13.2. The molecule has 0 bridgehead atoms. The molecule has 2 aliphatic carbocycles. The summed E-state index contributed by atoms with van der Waals surface area (Å²) in [5, 5.41) is 17.5. The van der Waals surface area contributed by atoms with Crippen LogP contribution in [-0.2, 0) is 38.2 Å². The number of esters is 2. The minimum Gasteiger partial charge on any atom is -0.481 e. The van der Waals surface area contributed by atoms with Gasteiger partial charge >= 0.3 is 23.9 Å². The molecule has 0 aromatic carbocycles. The van der Waals surface area contributed by atoms with Crippen molar-refractivity contribution < 1.29 is 48.5 Å². The zero-order valence-corrected chi connectivity index (χ0v) is 40.9. The van der Waals surface area contributed by atoms with Crippen LogP contribution in [0.4, 0.5) is 0 Å². The van der Waals surface area contributed by atoms with E-state index in [1.807, 2.05) is 140 Å². The third kappa shape index (κ3) is 20.3. The number of carbonyl (C=O) groups excluding carboxylic acids is 4. The second kappa shape index (κ2) is 27.4. The molecule has 2 rings (SSSR count). The lowest BCUT2D eigenvalue weighted by atomic mass is 9.71. The summed E-state index contributed by atoms with van der Waals surface area (Å²) >= 11 is 2.75. The first-order chi connectivity index (χ1) is 30.0. The van der Waals surface area contributed by atoms with Crippen LogP contribution >= 0.6 is 23.5 Å². The van der Waals surface area contributed by atoms with Crippen molar-refractivity contribution in [3.05, 3.63) is 130 Å². The van der Waals surface area contributed by atoms with Gasteiger partial charge in [-0.2, -0.15) is 23.5 Å². The van der Waals surface area contributed by atoms with Gasteiger partial charge < -0.3 is 19.7 Å². The molecule has 0 saturated carbocycles. The fraction of sp³-hybridized carbons (Fsp3) is 0.462. The van der Waals surface area contributed by atoms with Crippen LogP contribution in [0.3, 0.4) is 0 Å². The highest BCUT2D eigenvalue weighted by molar-refractivity contribution is 7.99. The van der Waals surface area contributed by atoms with Gasteiger partial charge in [-0.05, 0) is 74.7 Å². The van der Waals surface area contributed by atoms with Crippen molar-refractivity contribution in [1.82, 2.24) is 0 Å². The Morgan fingerprint density at radius 1 is 0.547 bits per heavy atom. The Labute approximate surface area is 389 Å². The Morgan fingerprint density at radius 3 is 1.20 bits per heavy atom. The Morgan fingerprint density at radius 2 is 0.859 bits per heavy atom. The van der Waals surface area contributed by atoms with Crippen LogP contribution in [0.1, 0.15) is 108 Å². The predicted molar refractivity (Wildman–Crippen MR) is 261 cm³/mol. The van der Waals surface area contributed by atoms with Crippen LogP contribution in [0.15, 0.2) is 130 Å². The average Bonchev–Trinajstić information content (AvgIpc) is 3.19. The molecule has 2 atom stereocenters. The number of aliphatic carboxylic acids is 2. The maximum Gasteiger partial charge on any atom is 0.307 e. The van der Waals surface area contributed by atoms with Gasteiger partial charge in [-0.15, -0.1) is 0 Å². The highest BCUT2D eigenvalue weighted by Gasteiger charge is 2.41. The molecular formula is C52H68O10S2. The van der Waals surface area contributed by atoms with Crippen LogP contribution in [-0.4, -0.2) is 80.9 Å². The van der Waals surface area contributed by atoms with E-state index in [-0.39, 0.29) is 48.1 Å². The summed E-state index contributed by atoms with van der Waals surface area (Å²) in [7, 11) is 0. The van der Waals surface area contributed by atoms with Crippen LogP contribution in [0.25, 0.3) is 0 Å². The Balaban J connectivity index is 1.92. The summed E-state index contributed by atoms with van der Waals surface area (Å²) in [5.74, 6) is -1.28. The average molecular weight is 917 g/mol. The number of hydrogen-bond acceptors (Lipinski definition) is 10. The number of allylic oxidation sites excluding steroid dienone is 20. The smallest absolute Gasteiger partial charge is 0.307 e. The fourth-order valence-corrected chi connectivity index (χ4v) is 8.69. The lowest BCUT2D eigenvalue weighted by Crippen LogP contribution is -2.39. The van der Waals surface area contributed by atoms with Crippen molar-refractivity contribution >= 4 is 59.0 Å². The molecule has 0 radical (unpaired) electrons. The van der Waals surface area contributed by atoms with Gasteiger partial charge in [0.05, 0.1) is 25.7 Å². The van der Waals surface area contributed by atoms with Gasteiger partial charge in [0.15, 0.2) is 23.8 Å². The molecule has 2 unspecified atom stereocenters. The Hall–Kier alpha value is -4.94. The van der Waals surface area contributed by atoms with Crippen LogP contribution in [0, 0.1) is 10.8 Å². The van der Waals surface area contributed by atoms with Gasteiger partial charge in [-0.3, -0.25) is 28.8 Å². The highest BCUT2D eigenvalue weighted by atomic mass is 32.2. The minimum atomic E-state index is -0.873. The number of ether oxygens (including phenoxy) is 2. The van der Waals surface area contributed by atoms with Gasteiger partial charge in [-0.1, -0.05) is 135 Å². The van der Waals surface area contributed by atoms with E-state index in [0.29, 0.717) is 47.0 Å². The number of Topliss-reactive ketones (excluding diaryl/α,β-unsaturated/α-hetero) is 2. The van der Waals surface area contributed by atoms with Gasteiger partial charge in [0.2, 0.25) is 0 Å². The molecule has 10 nitrogen and oxygen atoms in total. The molecule has 2 aliphatic rings. The third-order valence-corrected chi connectivity index (χ3v) is 12.6. The van der Waals surface area contributed by atoms with E-state index in [0.717, 1.165) is 33.4 Å². The van der Waals surface area contributed by atoms with E-state index in [1.54, 1.807) is 13.8 Å². The first-order valence-corrected chi connectivity index (χ1v) is 23.9. The number of carbonyl (C=O) groups is 6. The maximum atomic E-state index is 13.2. The zero-order valence-electron chi connectivity index (χ0n) is 39.3. The lowest BCUT2D eigenvalue weighted by Gasteiger charge is -2.36. The summed E-state index contributed by atoms with van der Waals surface area (Å²) < 4.78 is 11.1. The first-order valence-electron chi connectivity index (χ1n) is 21.6. The summed E-state index contributed by atoms with van der Waals surface area (Å²) in [4.78, 5) is 72.5. The van der Waals surface area contributed by atoms with Crippen LogP contribution < -0.4 is 0 Å². The molecule has 0 aromatic rings. The molecular weight excluding hydrogens is 849 g/mol. The van der Waals surface area contributed by atoms with Crippen molar-refractivity contribution in [3.8, 4) is 0 Å². The summed E-state index contributed by atoms with van der Waals surface area (Å²) in [6, 6.07) is 0. The second-order valence-corrected chi connectivity index (χ2v) is 19.8. The van der Waals surface area contributed by atoms with Crippen molar-refractivity contribution in [2.45, 2.75) is 120 Å². The Bertz CT molecular complexity index is 1930. The van der Waals surface area contributed by atoms with E-state index in [2.05, 4.69) is 0 Å². The molecule has 2 N–H and O–H groups in total. The van der Waals surface area contributed by atoms with E-state index < -0.39 is 36.1 Å². The predicted octanol–water partition coefficient (Wildman–Crippen LogP) is 11.2. The minimum absolute atomic E-state index is 0.0386. The fourth-order valence-electron chi connectivity index (χ4n) is 7.03. The molecule has 0 heterocycles. The normalized spacial score (nSPS) is 20.2. The second-order valence-electron chi connectivity index (χ2n) is 17.4. The van der Waals surface area contributed by atoms with Crippen molar-refractivity contribution in [1.29, 1.82) is 0 Å². The van der Waals surface area contributed by atoms with E-state index >= 15 is 0 Å². The molecule has 12 heteroatoms. The number of carboxylic acid groups (broad SMARTS) is 2. The van der Waals surface area contributed by atoms with Gasteiger partial charge in [0, 0.05) is 35.9 Å². The topological polar surface area (TPSA) is 161 Å². The third-order valence-electron chi connectivity index (χ3n) is 10.6. The number of carboxylic acids is 2. The SMILES string of the molecule is CC1=C(/C=C/C(C)=C/C=C/C(C)=C/C=C/C=C(C)/C=C/C=C(C)/C=C/C2=C(C)C(=O)C(OC(=O)CCSCCC(=O)O)CC2(C)C)C(C)(C)CC(OC(=O)CCSCCC(=O)O)C1=O. The van der Waals surface area contributed by atoms with Crippen molar-refractivity contribution in [3.63, 3.8) is 0 Å². The summed E-state index contributed by atoms with van der Waals surface area (Å²) in [5.41, 5.74) is 6.38. The van der Waals surface area contributed by atoms with E-state index in [1.165, 1.54) is 23.5 Å². The lowest BCUT2D eigenvalue weighted by molar-refractivity contribution is -0.155. The monoisotopic (exact) mass is 916 g/mol. The molecule has 0 amide bonds.